The van der Waals surface area contributed by atoms with E-state index < -0.39 is 0 Å². The van der Waals surface area contributed by atoms with Gasteiger partial charge in [-0.15, -0.1) is 0 Å². The van der Waals surface area contributed by atoms with E-state index in [1.165, 1.54) is 11.5 Å². The quantitative estimate of drug-likeness (QED) is 0.553. The van der Waals surface area contributed by atoms with E-state index in [9.17, 15) is 0 Å². The van der Waals surface area contributed by atoms with Gasteiger partial charge in [0.2, 0.25) is 5.13 Å². The fourth-order valence-electron chi connectivity index (χ4n) is 0.602. The van der Waals surface area contributed by atoms with Crippen molar-refractivity contribution in [3.8, 4) is 0 Å². The highest BCUT2D eigenvalue weighted by atomic mass is 32.1. The molecule has 1 heterocycles. The summed E-state index contributed by atoms with van der Waals surface area (Å²) >= 11 is 1.27. The molecule has 0 unspecified atom stereocenters. The Morgan fingerprint density at radius 1 is 1.46 bits per heavy atom. The van der Waals surface area contributed by atoms with Gasteiger partial charge in [-0.3, -0.25) is 0 Å². The summed E-state index contributed by atoms with van der Waals surface area (Å²) in [6.07, 6.45) is 0. The van der Waals surface area contributed by atoms with Crippen molar-refractivity contribution < 1.29 is 0 Å². The molecule has 0 saturated heterocycles. The summed E-state index contributed by atoms with van der Waals surface area (Å²) in [5.74, 6) is 1.33. The van der Waals surface area contributed by atoms with Crippen molar-refractivity contribution in [2.75, 3.05) is 0 Å². The van der Waals surface area contributed by atoms with Gasteiger partial charge in [0.1, 0.15) is 11.7 Å². The fraction of sp³-hybridized carbons (Fsp3) is 0.625. The highest BCUT2D eigenvalue weighted by Crippen LogP contribution is 2.19. The molecule has 0 spiro atoms. The van der Waals surface area contributed by atoms with Crippen LogP contribution in [0.2, 0.25) is 0 Å². The average Bonchev–Trinajstić information content (AvgIpc) is 2.33. The monoisotopic (exact) mass is 198 g/mol. The second-order valence-corrected chi connectivity index (χ2v) is 4.60. The molecule has 0 aliphatic carbocycles. The first-order valence-electron chi connectivity index (χ1n) is 4.04. The minimum absolute atomic E-state index is 0.112. The molecular weight excluding hydrogens is 184 g/mol. The summed E-state index contributed by atoms with van der Waals surface area (Å²) in [5, 5.41) is 0.630. The molecular formula is C8H14N4S. The first-order valence-corrected chi connectivity index (χ1v) is 4.82. The highest BCUT2D eigenvalue weighted by Gasteiger charge is 2.16. The summed E-state index contributed by atoms with van der Waals surface area (Å²) in [6, 6.07) is 0. The summed E-state index contributed by atoms with van der Waals surface area (Å²) in [4.78, 5) is 8.29. The van der Waals surface area contributed by atoms with Crippen molar-refractivity contribution in [3.63, 3.8) is 0 Å². The predicted molar refractivity (Wildman–Crippen MR) is 55.4 cm³/mol. The molecule has 5 heteroatoms. The van der Waals surface area contributed by atoms with Gasteiger partial charge in [0.25, 0.3) is 0 Å². The third kappa shape index (κ3) is 2.77. The number of nitrogens with two attached hydrogens (primary N) is 1. The number of amidine groups is 1. The maximum Gasteiger partial charge on any atom is 0.230 e. The second-order valence-electron chi connectivity index (χ2n) is 3.87. The van der Waals surface area contributed by atoms with Crippen LogP contribution < -0.4 is 5.73 Å². The Balaban J connectivity index is 2.89. The number of hydrogen-bond donors (Lipinski definition) is 1. The van der Waals surface area contributed by atoms with Crippen LogP contribution >= 0.6 is 11.5 Å². The molecule has 0 fully saturated rings. The van der Waals surface area contributed by atoms with E-state index >= 15 is 0 Å². The maximum atomic E-state index is 5.78. The van der Waals surface area contributed by atoms with Crippen molar-refractivity contribution in [2.24, 2.45) is 16.1 Å². The first-order chi connectivity index (χ1) is 5.89. The van der Waals surface area contributed by atoms with Crippen LogP contribution in [-0.2, 0) is 0 Å². The van der Waals surface area contributed by atoms with E-state index in [1.54, 1.807) is 0 Å². The van der Waals surface area contributed by atoms with E-state index in [0.29, 0.717) is 11.0 Å². The lowest BCUT2D eigenvalue weighted by Crippen LogP contribution is -2.28. The zero-order valence-corrected chi connectivity index (χ0v) is 9.14. The lowest BCUT2D eigenvalue weighted by Gasteiger charge is -2.16. The number of aromatic nitrogens is 2. The molecule has 0 aromatic carbocycles. The van der Waals surface area contributed by atoms with Crippen molar-refractivity contribution >= 4 is 22.5 Å². The second kappa shape index (κ2) is 3.41. The summed E-state index contributed by atoms with van der Waals surface area (Å²) < 4.78 is 4.02. The van der Waals surface area contributed by atoms with E-state index in [1.807, 2.05) is 27.7 Å². The maximum absolute atomic E-state index is 5.78. The lowest BCUT2D eigenvalue weighted by atomic mass is 9.95. The van der Waals surface area contributed by atoms with E-state index in [4.69, 9.17) is 5.73 Å². The summed E-state index contributed by atoms with van der Waals surface area (Å²) in [6.45, 7) is 7.88. The average molecular weight is 198 g/mol. The Kier molecular flexibility index (Phi) is 2.66. The minimum Gasteiger partial charge on any atom is -0.387 e. The molecule has 4 nitrogen and oxygen atoms in total. The lowest BCUT2D eigenvalue weighted by molar-refractivity contribution is 0.585. The van der Waals surface area contributed by atoms with Crippen LogP contribution in [0.4, 0.5) is 5.13 Å². The third-order valence-electron chi connectivity index (χ3n) is 1.50. The van der Waals surface area contributed by atoms with Crippen LogP contribution in [0.5, 0.6) is 0 Å². The number of rotatable bonds is 1. The largest absolute Gasteiger partial charge is 0.387 e. The van der Waals surface area contributed by atoms with Gasteiger partial charge in [-0.1, -0.05) is 20.8 Å². The van der Waals surface area contributed by atoms with Gasteiger partial charge in [0.15, 0.2) is 0 Å². The Hall–Kier alpha value is -0.970. The molecule has 13 heavy (non-hydrogen) atoms. The molecule has 72 valence electrons. The van der Waals surface area contributed by atoms with Gasteiger partial charge in [-0.05, 0) is 6.92 Å². The van der Waals surface area contributed by atoms with Crippen molar-refractivity contribution in [1.29, 1.82) is 0 Å². The van der Waals surface area contributed by atoms with Crippen molar-refractivity contribution in [2.45, 2.75) is 27.7 Å². The molecule has 0 amide bonds. The Bertz CT molecular complexity index is 321. The van der Waals surface area contributed by atoms with Gasteiger partial charge in [0.05, 0.1) is 0 Å². The number of hydrogen-bond acceptors (Lipinski definition) is 4. The number of aryl methyl sites for hydroxylation is 1. The molecule has 0 radical (unpaired) electrons. The zero-order chi connectivity index (χ0) is 10.1. The SMILES string of the molecule is Cc1nsc(/N=C(\N)C(C)(C)C)n1. The molecule has 2 N–H and O–H groups in total. The van der Waals surface area contributed by atoms with E-state index in [2.05, 4.69) is 14.3 Å². The smallest absolute Gasteiger partial charge is 0.230 e. The van der Waals surface area contributed by atoms with Crippen LogP contribution in [0.25, 0.3) is 0 Å². The molecule has 0 bridgehead atoms. The normalized spacial score (nSPS) is 13.4. The topological polar surface area (TPSA) is 64.2 Å². The predicted octanol–water partition coefficient (Wildman–Crippen LogP) is 1.88. The summed E-state index contributed by atoms with van der Waals surface area (Å²) in [5.41, 5.74) is 5.67. The fourth-order valence-corrected chi connectivity index (χ4v) is 1.17. The van der Waals surface area contributed by atoms with Gasteiger partial charge in [-0.2, -0.15) is 4.37 Å². The summed E-state index contributed by atoms with van der Waals surface area (Å²) in [7, 11) is 0. The van der Waals surface area contributed by atoms with Crippen LogP contribution in [0, 0.1) is 12.3 Å². The highest BCUT2D eigenvalue weighted by molar-refractivity contribution is 7.09. The van der Waals surface area contributed by atoms with Gasteiger partial charge >= 0.3 is 0 Å². The molecule has 1 aromatic rings. The van der Waals surface area contributed by atoms with Crippen LogP contribution in [0.3, 0.4) is 0 Å². The molecule has 1 aromatic heterocycles. The molecule has 0 aliphatic rings. The Labute approximate surface area is 82.1 Å². The molecule has 0 atom stereocenters. The number of aliphatic imine (C=N–C) groups is 1. The van der Waals surface area contributed by atoms with Crippen molar-refractivity contribution in [3.05, 3.63) is 5.82 Å². The van der Waals surface area contributed by atoms with Crippen LogP contribution in [-0.4, -0.2) is 15.2 Å². The van der Waals surface area contributed by atoms with Gasteiger partial charge < -0.3 is 5.73 Å². The van der Waals surface area contributed by atoms with Crippen LogP contribution in [0.15, 0.2) is 4.99 Å². The standard InChI is InChI=1S/C8H14N4S/c1-5-10-7(13-12-5)11-6(9)8(2,3)4/h1-4H3,(H2,9,10,11,12). The minimum atomic E-state index is -0.112. The first kappa shape index (κ1) is 10.1. The van der Waals surface area contributed by atoms with Gasteiger partial charge in [0, 0.05) is 16.9 Å². The molecule has 0 aliphatic heterocycles. The third-order valence-corrected chi connectivity index (χ3v) is 2.20. The van der Waals surface area contributed by atoms with E-state index in [-0.39, 0.29) is 5.41 Å². The zero-order valence-electron chi connectivity index (χ0n) is 8.33. The Morgan fingerprint density at radius 3 is 2.46 bits per heavy atom. The van der Waals surface area contributed by atoms with Crippen LogP contribution in [0.1, 0.15) is 26.6 Å². The van der Waals surface area contributed by atoms with Gasteiger partial charge in [-0.25, -0.2) is 9.98 Å². The molecule has 0 saturated carbocycles. The van der Waals surface area contributed by atoms with Crippen molar-refractivity contribution in [1.82, 2.24) is 9.36 Å². The van der Waals surface area contributed by atoms with E-state index in [0.717, 1.165) is 5.82 Å². The number of nitrogens with zero attached hydrogens (tertiary/aromatic N) is 3. The Morgan fingerprint density at radius 2 is 2.08 bits per heavy atom. The molecule has 1 rings (SSSR count).